The summed E-state index contributed by atoms with van der Waals surface area (Å²) < 4.78 is 1.94. The molecule has 0 saturated heterocycles. The summed E-state index contributed by atoms with van der Waals surface area (Å²) in [5.74, 6) is 1.65. The molecule has 0 radical (unpaired) electrons. The van der Waals surface area contributed by atoms with E-state index >= 15 is 0 Å². The molecule has 0 bridgehead atoms. The summed E-state index contributed by atoms with van der Waals surface area (Å²) in [4.78, 5) is 0. The van der Waals surface area contributed by atoms with Crippen LogP contribution in [0.3, 0.4) is 0 Å². The molecule has 0 spiro atoms. The molecule has 2 atom stereocenters. The van der Waals surface area contributed by atoms with Crippen LogP contribution >= 0.6 is 11.8 Å². The Morgan fingerprint density at radius 1 is 1.20 bits per heavy atom. The average molecular weight is 297 g/mol. The summed E-state index contributed by atoms with van der Waals surface area (Å²) in [7, 11) is 0. The minimum atomic E-state index is 0.669. The number of rotatable bonds is 7. The largest absolute Gasteiger partial charge is 0.315 e. The van der Waals surface area contributed by atoms with Crippen molar-refractivity contribution in [3.63, 3.8) is 0 Å². The van der Waals surface area contributed by atoms with Crippen molar-refractivity contribution in [2.75, 3.05) is 13.1 Å². The zero-order valence-electron chi connectivity index (χ0n) is 12.9. The van der Waals surface area contributed by atoms with Gasteiger partial charge in [-0.25, -0.2) is 4.68 Å². The Bertz CT molecular complexity index is 385. The van der Waals surface area contributed by atoms with Gasteiger partial charge in [-0.2, -0.15) is 0 Å². The van der Waals surface area contributed by atoms with Gasteiger partial charge in [0.25, 0.3) is 0 Å². The van der Waals surface area contributed by atoms with E-state index in [1.807, 2.05) is 16.4 Å². The molecule has 1 N–H and O–H groups in total. The van der Waals surface area contributed by atoms with Crippen LogP contribution in [0.5, 0.6) is 0 Å². The number of hydrogen-bond donors (Lipinski definition) is 1. The number of thioether (sulfide) groups is 1. The fourth-order valence-corrected chi connectivity index (χ4v) is 4.51. The quantitative estimate of drug-likeness (QED) is 0.784. The standard InChI is InChI=1S/C14H27N5S/c1-4-5-15-6-7-19-14(16-17-18-19)20-13-9-11(2)8-12(3)10-13/h11-13,15H,4-10H2,1-3H3. The highest BCUT2D eigenvalue weighted by Gasteiger charge is 2.26. The van der Waals surface area contributed by atoms with Crippen LogP contribution in [0.4, 0.5) is 0 Å². The van der Waals surface area contributed by atoms with Gasteiger partial charge in [-0.3, -0.25) is 0 Å². The third-order valence-corrected chi connectivity index (χ3v) is 5.05. The van der Waals surface area contributed by atoms with Crippen molar-refractivity contribution in [3.05, 3.63) is 0 Å². The normalized spacial score (nSPS) is 26.9. The Morgan fingerprint density at radius 3 is 2.65 bits per heavy atom. The van der Waals surface area contributed by atoms with Gasteiger partial charge in [0.2, 0.25) is 5.16 Å². The summed E-state index contributed by atoms with van der Waals surface area (Å²) in [5, 5.41) is 17.2. The molecule has 1 saturated carbocycles. The van der Waals surface area contributed by atoms with E-state index in [0.717, 1.165) is 43.0 Å². The fraction of sp³-hybridized carbons (Fsp3) is 0.929. The topological polar surface area (TPSA) is 55.6 Å². The summed E-state index contributed by atoms with van der Waals surface area (Å²) in [6, 6.07) is 0. The maximum atomic E-state index is 4.20. The Balaban J connectivity index is 1.84. The lowest BCUT2D eigenvalue weighted by atomic mass is 9.83. The lowest BCUT2D eigenvalue weighted by Crippen LogP contribution is -2.23. The predicted molar refractivity (Wildman–Crippen MR) is 82.8 cm³/mol. The first-order valence-electron chi connectivity index (χ1n) is 7.82. The average Bonchev–Trinajstić information content (AvgIpc) is 2.81. The van der Waals surface area contributed by atoms with Gasteiger partial charge in [0.15, 0.2) is 0 Å². The number of tetrazole rings is 1. The maximum Gasteiger partial charge on any atom is 0.209 e. The molecule has 20 heavy (non-hydrogen) atoms. The van der Waals surface area contributed by atoms with Gasteiger partial charge in [-0.05, 0) is 54.5 Å². The third kappa shape index (κ3) is 4.74. The first-order chi connectivity index (χ1) is 9.69. The van der Waals surface area contributed by atoms with Crippen LogP contribution in [0.15, 0.2) is 5.16 Å². The highest BCUT2D eigenvalue weighted by Crippen LogP contribution is 2.37. The van der Waals surface area contributed by atoms with E-state index in [1.54, 1.807) is 0 Å². The number of aromatic nitrogens is 4. The van der Waals surface area contributed by atoms with Crippen molar-refractivity contribution >= 4 is 11.8 Å². The van der Waals surface area contributed by atoms with Crippen LogP contribution in [0.2, 0.25) is 0 Å². The van der Waals surface area contributed by atoms with E-state index in [1.165, 1.54) is 19.3 Å². The molecule has 0 amide bonds. The first kappa shape index (κ1) is 15.8. The maximum absolute atomic E-state index is 4.20. The van der Waals surface area contributed by atoms with Gasteiger partial charge in [0.1, 0.15) is 0 Å². The minimum Gasteiger partial charge on any atom is -0.315 e. The molecule has 1 aromatic rings. The Labute approximate surface area is 126 Å². The van der Waals surface area contributed by atoms with Crippen LogP contribution in [0.1, 0.15) is 46.5 Å². The second-order valence-electron chi connectivity index (χ2n) is 6.09. The highest BCUT2D eigenvalue weighted by molar-refractivity contribution is 7.99. The second kappa shape index (κ2) is 7.98. The Kier molecular flexibility index (Phi) is 6.29. The molecule has 0 aromatic carbocycles. The van der Waals surface area contributed by atoms with Crippen LogP contribution < -0.4 is 5.32 Å². The summed E-state index contributed by atoms with van der Waals surface area (Å²) in [5.41, 5.74) is 0. The molecule has 1 heterocycles. The van der Waals surface area contributed by atoms with Crippen LogP contribution in [-0.2, 0) is 6.54 Å². The van der Waals surface area contributed by atoms with Gasteiger partial charge in [0, 0.05) is 11.8 Å². The summed E-state index contributed by atoms with van der Waals surface area (Å²) in [6.07, 6.45) is 5.10. The van der Waals surface area contributed by atoms with Crippen molar-refractivity contribution in [3.8, 4) is 0 Å². The lowest BCUT2D eigenvalue weighted by Gasteiger charge is -2.30. The smallest absolute Gasteiger partial charge is 0.209 e. The zero-order chi connectivity index (χ0) is 14.4. The summed E-state index contributed by atoms with van der Waals surface area (Å²) in [6.45, 7) is 9.75. The van der Waals surface area contributed by atoms with E-state index in [4.69, 9.17) is 0 Å². The van der Waals surface area contributed by atoms with Crippen molar-refractivity contribution in [2.24, 2.45) is 11.8 Å². The molecular formula is C14H27N5S. The number of nitrogens with zero attached hydrogens (tertiary/aromatic N) is 4. The zero-order valence-corrected chi connectivity index (χ0v) is 13.7. The SMILES string of the molecule is CCCNCCn1nnnc1SC1CC(C)CC(C)C1. The molecule has 1 fully saturated rings. The molecule has 5 nitrogen and oxygen atoms in total. The molecular weight excluding hydrogens is 270 g/mol. The van der Waals surface area contributed by atoms with E-state index in [0.29, 0.717) is 5.25 Å². The first-order valence-corrected chi connectivity index (χ1v) is 8.70. The third-order valence-electron chi connectivity index (χ3n) is 3.83. The van der Waals surface area contributed by atoms with Crippen LogP contribution in [-0.4, -0.2) is 38.5 Å². The molecule has 6 heteroatoms. The van der Waals surface area contributed by atoms with Crippen molar-refractivity contribution in [2.45, 2.75) is 63.4 Å². The van der Waals surface area contributed by atoms with Gasteiger partial charge >= 0.3 is 0 Å². The predicted octanol–water partition coefficient (Wildman–Crippen LogP) is 2.59. The van der Waals surface area contributed by atoms with Gasteiger partial charge in [-0.1, -0.05) is 32.5 Å². The molecule has 2 unspecified atom stereocenters. The van der Waals surface area contributed by atoms with Crippen molar-refractivity contribution in [1.82, 2.24) is 25.5 Å². The molecule has 1 aliphatic carbocycles. The van der Waals surface area contributed by atoms with Crippen molar-refractivity contribution < 1.29 is 0 Å². The second-order valence-corrected chi connectivity index (χ2v) is 7.36. The Morgan fingerprint density at radius 2 is 1.95 bits per heavy atom. The molecule has 114 valence electrons. The van der Waals surface area contributed by atoms with Gasteiger partial charge < -0.3 is 5.32 Å². The summed E-state index contributed by atoms with van der Waals surface area (Å²) >= 11 is 1.87. The minimum absolute atomic E-state index is 0.669. The van der Waals surface area contributed by atoms with E-state index in [-0.39, 0.29) is 0 Å². The molecule has 0 aliphatic heterocycles. The van der Waals surface area contributed by atoms with E-state index < -0.39 is 0 Å². The monoisotopic (exact) mass is 297 g/mol. The number of nitrogens with one attached hydrogen (secondary N) is 1. The van der Waals surface area contributed by atoms with Crippen LogP contribution in [0.25, 0.3) is 0 Å². The van der Waals surface area contributed by atoms with Gasteiger partial charge in [-0.15, -0.1) is 5.10 Å². The highest BCUT2D eigenvalue weighted by atomic mass is 32.2. The van der Waals surface area contributed by atoms with Crippen LogP contribution in [0, 0.1) is 11.8 Å². The Hall–Kier alpha value is -0.620. The van der Waals surface area contributed by atoms with Crippen molar-refractivity contribution in [1.29, 1.82) is 0 Å². The lowest BCUT2D eigenvalue weighted by molar-refractivity contribution is 0.308. The molecule has 1 aliphatic rings. The fourth-order valence-electron chi connectivity index (χ4n) is 3.03. The van der Waals surface area contributed by atoms with Gasteiger partial charge in [0.05, 0.1) is 6.54 Å². The van der Waals surface area contributed by atoms with E-state index in [2.05, 4.69) is 41.6 Å². The van der Waals surface area contributed by atoms with E-state index in [9.17, 15) is 0 Å². The molecule has 1 aromatic heterocycles. The molecule has 2 rings (SSSR count). The number of hydrogen-bond acceptors (Lipinski definition) is 5.